The molecule has 0 radical (unpaired) electrons. The van der Waals surface area contributed by atoms with Crippen molar-refractivity contribution < 1.29 is 18.3 Å². The Kier molecular flexibility index (Phi) is 5.64. The number of pyridine rings is 1. The van der Waals surface area contributed by atoms with E-state index < -0.39 is 23.2 Å². The van der Waals surface area contributed by atoms with Crippen molar-refractivity contribution in [1.29, 1.82) is 0 Å². The SMILES string of the molecule is COC1C[C@@]2(C)c3nc(-c4ccnc5ccccc45)nc(-c4ccc(F)cc4F)c3CC[C@@H]2[C@@H](C)C1=O. The van der Waals surface area contributed by atoms with Gasteiger partial charge in [0.25, 0.3) is 0 Å². The number of rotatable bonds is 3. The topological polar surface area (TPSA) is 65.0 Å². The van der Waals surface area contributed by atoms with Crippen molar-refractivity contribution in [2.45, 2.75) is 44.6 Å². The number of methoxy groups -OCH3 is 1. The van der Waals surface area contributed by atoms with Crippen LogP contribution in [0.3, 0.4) is 0 Å². The first kappa shape index (κ1) is 23.8. The molecule has 1 unspecified atom stereocenters. The van der Waals surface area contributed by atoms with Crippen molar-refractivity contribution in [3.8, 4) is 22.6 Å². The maximum atomic E-state index is 15.2. The Hall–Kier alpha value is -3.58. The van der Waals surface area contributed by atoms with Crippen LogP contribution < -0.4 is 0 Å². The largest absolute Gasteiger partial charge is 0.374 e. The highest BCUT2D eigenvalue weighted by Gasteiger charge is 2.53. The molecule has 0 bridgehead atoms. The smallest absolute Gasteiger partial charge is 0.164 e. The number of carbonyl (C=O) groups excluding carboxylic acids is 1. The predicted molar refractivity (Wildman–Crippen MR) is 137 cm³/mol. The molecule has 0 saturated heterocycles. The van der Waals surface area contributed by atoms with E-state index in [1.54, 1.807) is 13.3 Å². The Labute approximate surface area is 213 Å². The summed E-state index contributed by atoms with van der Waals surface area (Å²) in [6.45, 7) is 4.11. The number of nitrogens with zero attached hydrogens (tertiary/aromatic N) is 3. The van der Waals surface area contributed by atoms with Gasteiger partial charge in [-0.15, -0.1) is 0 Å². The molecule has 2 heterocycles. The van der Waals surface area contributed by atoms with Crippen molar-refractivity contribution >= 4 is 16.7 Å². The second-order valence-electron chi connectivity index (χ2n) is 10.4. The van der Waals surface area contributed by atoms with Crippen LogP contribution in [-0.4, -0.2) is 33.9 Å². The lowest BCUT2D eigenvalue weighted by Gasteiger charge is -2.50. The molecule has 188 valence electrons. The standard InChI is InChI=1S/C30H27F2N3O2/c1-16-22-11-10-21-26(20-9-8-17(31)14-23(20)32)34-29(19-12-13-33-24-7-5-4-6-18(19)24)35-28(21)30(22,2)15-25(37-3)27(16)36/h4-9,12-14,16,22,25H,10-11,15H2,1-3H3/t16-,22-,25?,30-/m1/s1. The van der Waals surface area contributed by atoms with Crippen LogP contribution in [-0.2, 0) is 21.4 Å². The zero-order valence-corrected chi connectivity index (χ0v) is 21.0. The van der Waals surface area contributed by atoms with E-state index in [0.29, 0.717) is 24.4 Å². The molecule has 4 atom stereocenters. The third-order valence-corrected chi connectivity index (χ3v) is 8.41. The molecule has 0 amide bonds. The fourth-order valence-electron chi connectivity index (χ4n) is 6.53. The predicted octanol–water partition coefficient (Wildman–Crippen LogP) is 6.08. The number of fused-ring (bicyclic) bond motifs is 4. The number of hydrogen-bond acceptors (Lipinski definition) is 5. The van der Waals surface area contributed by atoms with Crippen LogP contribution in [0.15, 0.2) is 54.7 Å². The van der Waals surface area contributed by atoms with Gasteiger partial charge in [-0.3, -0.25) is 9.78 Å². The minimum atomic E-state index is -0.666. The fourth-order valence-corrected chi connectivity index (χ4v) is 6.53. The molecule has 0 aliphatic heterocycles. The van der Waals surface area contributed by atoms with Crippen molar-refractivity contribution in [3.63, 3.8) is 0 Å². The summed E-state index contributed by atoms with van der Waals surface area (Å²) in [6.07, 6.45) is 3.03. The van der Waals surface area contributed by atoms with Gasteiger partial charge in [-0.1, -0.05) is 32.0 Å². The number of aromatic nitrogens is 3. The molecule has 0 N–H and O–H groups in total. The van der Waals surface area contributed by atoms with Gasteiger partial charge in [0.1, 0.15) is 17.7 Å². The minimum Gasteiger partial charge on any atom is -0.374 e. The van der Waals surface area contributed by atoms with E-state index in [9.17, 15) is 9.18 Å². The highest BCUT2D eigenvalue weighted by molar-refractivity contribution is 5.93. The molecule has 2 aliphatic rings. The molecule has 37 heavy (non-hydrogen) atoms. The Morgan fingerprint density at radius 2 is 1.86 bits per heavy atom. The quantitative estimate of drug-likeness (QED) is 0.342. The average molecular weight is 500 g/mol. The van der Waals surface area contributed by atoms with Crippen LogP contribution in [0.4, 0.5) is 8.78 Å². The van der Waals surface area contributed by atoms with E-state index in [1.165, 1.54) is 12.1 Å². The van der Waals surface area contributed by atoms with E-state index in [0.717, 1.165) is 40.2 Å². The van der Waals surface area contributed by atoms with Gasteiger partial charge >= 0.3 is 0 Å². The second kappa shape index (κ2) is 8.77. The highest BCUT2D eigenvalue weighted by Crippen LogP contribution is 2.52. The normalized spacial score (nSPS) is 25.1. The molecule has 6 rings (SSSR count). The van der Waals surface area contributed by atoms with Gasteiger partial charge in [-0.2, -0.15) is 0 Å². The minimum absolute atomic E-state index is 0.0711. The van der Waals surface area contributed by atoms with E-state index >= 15 is 4.39 Å². The van der Waals surface area contributed by atoms with Gasteiger partial charge in [0.05, 0.1) is 16.9 Å². The molecule has 2 aromatic carbocycles. The Morgan fingerprint density at radius 3 is 2.65 bits per heavy atom. The Bertz CT molecular complexity index is 1550. The zero-order valence-electron chi connectivity index (χ0n) is 21.0. The van der Waals surface area contributed by atoms with Crippen molar-refractivity contribution in [1.82, 2.24) is 15.0 Å². The van der Waals surface area contributed by atoms with Gasteiger partial charge in [0.2, 0.25) is 0 Å². The summed E-state index contributed by atoms with van der Waals surface area (Å²) in [5.41, 5.74) is 3.48. The Morgan fingerprint density at radius 1 is 1.05 bits per heavy atom. The number of halogens is 2. The number of ketones is 1. The molecular weight excluding hydrogens is 472 g/mol. The zero-order chi connectivity index (χ0) is 25.9. The molecule has 1 fully saturated rings. The average Bonchev–Trinajstić information content (AvgIpc) is 2.90. The van der Waals surface area contributed by atoms with E-state index in [1.807, 2.05) is 37.3 Å². The van der Waals surface area contributed by atoms with Crippen molar-refractivity contribution in [2.24, 2.45) is 11.8 Å². The number of hydrogen-bond donors (Lipinski definition) is 0. The van der Waals surface area contributed by atoms with Gasteiger partial charge < -0.3 is 4.74 Å². The molecule has 0 spiro atoms. The van der Waals surface area contributed by atoms with Crippen LogP contribution in [0.25, 0.3) is 33.5 Å². The van der Waals surface area contributed by atoms with E-state index in [4.69, 9.17) is 14.7 Å². The van der Waals surface area contributed by atoms with Crippen LogP contribution in [0, 0.1) is 23.5 Å². The Balaban J connectivity index is 1.65. The fraction of sp³-hybridized carbons (Fsp3) is 0.333. The first-order valence-electron chi connectivity index (χ1n) is 12.6. The summed E-state index contributed by atoms with van der Waals surface area (Å²) in [5, 5.41) is 0.884. The second-order valence-corrected chi connectivity index (χ2v) is 10.4. The summed E-state index contributed by atoms with van der Waals surface area (Å²) >= 11 is 0. The summed E-state index contributed by atoms with van der Waals surface area (Å²) in [7, 11) is 1.57. The number of carbonyl (C=O) groups is 1. The van der Waals surface area contributed by atoms with Crippen LogP contribution in [0.1, 0.15) is 37.9 Å². The van der Waals surface area contributed by atoms with Crippen molar-refractivity contribution in [3.05, 3.63) is 77.6 Å². The monoisotopic (exact) mass is 499 g/mol. The van der Waals surface area contributed by atoms with Crippen LogP contribution >= 0.6 is 0 Å². The van der Waals surface area contributed by atoms with Crippen molar-refractivity contribution in [2.75, 3.05) is 7.11 Å². The summed E-state index contributed by atoms with van der Waals surface area (Å²) in [4.78, 5) is 27.5. The molecule has 1 saturated carbocycles. The highest BCUT2D eigenvalue weighted by atomic mass is 19.1. The van der Waals surface area contributed by atoms with Gasteiger partial charge in [-0.05, 0) is 49.4 Å². The third kappa shape index (κ3) is 3.67. The summed E-state index contributed by atoms with van der Waals surface area (Å²) in [6, 6.07) is 13.2. The molecule has 5 nitrogen and oxygen atoms in total. The van der Waals surface area contributed by atoms with Gasteiger partial charge in [-0.25, -0.2) is 18.7 Å². The van der Waals surface area contributed by atoms with E-state index in [2.05, 4.69) is 11.9 Å². The lowest BCUT2D eigenvalue weighted by Crippen LogP contribution is -2.53. The molecule has 2 aliphatic carbocycles. The summed E-state index contributed by atoms with van der Waals surface area (Å²) in [5.74, 6) is -0.853. The lowest BCUT2D eigenvalue weighted by atomic mass is 9.55. The van der Waals surface area contributed by atoms with Gasteiger partial charge in [0.15, 0.2) is 11.6 Å². The number of para-hydroxylation sites is 1. The third-order valence-electron chi connectivity index (χ3n) is 8.41. The molecule has 7 heteroatoms. The number of Topliss-reactive ketones (excluding diaryl/α,β-unsaturated/α-hetero) is 1. The maximum Gasteiger partial charge on any atom is 0.164 e. The van der Waals surface area contributed by atoms with Gasteiger partial charge in [0, 0.05) is 52.8 Å². The maximum absolute atomic E-state index is 15.2. The molecule has 4 aromatic rings. The molecule has 2 aromatic heterocycles. The van der Waals surface area contributed by atoms with Crippen LogP contribution in [0.2, 0.25) is 0 Å². The number of ether oxygens (including phenoxy) is 1. The number of benzene rings is 2. The first-order chi connectivity index (χ1) is 17.8. The first-order valence-corrected chi connectivity index (χ1v) is 12.6. The van der Waals surface area contributed by atoms with Crippen LogP contribution in [0.5, 0.6) is 0 Å². The lowest BCUT2D eigenvalue weighted by molar-refractivity contribution is -0.143. The summed E-state index contributed by atoms with van der Waals surface area (Å²) < 4.78 is 34.6. The van der Waals surface area contributed by atoms with E-state index in [-0.39, 0.29) is 23.2 Å². The molecular formula is C30H27F2N3O2.